The van der Waals surface area contributed by atoms with E-state index in [9.17, 15) is 4.79 Å². The minimum absolute atomic E-state index is 0.0522. The zero-order chi connectivity index (χ0) is 14.4. The number of piperidine rings is 1. The van der Waals surface area contributed by atoms with Gasteiger partial charge < -0.3 is 5.32 Å². The van der Waals surface area contributed by atoms with Crippen LogP contribution >= 0.6 is 11.6 Å². The fraction of sp³-hybridized carbons (Fsp3) is 0.688. The van der Waals surface area contributed by atoms with Gasteiger partial charge in [-0.1, -0.05) is 23.3 Å². The zero-order valence-electron chi connectivity index (χ0n) is 12.3. The van der Waals surface area contributed by atoms with Gasteiger partial charge in [0.25, 0.3) is 0 Å². The second kappa shape index (κ2) is 7.84. The summed E-state index contributed by atoms with van der Waals surface area (Å²) >= 11 is 5.48. The maximum atomic E-state index is 11.1. The summed E-state index contributed by atoms with van der Waals surface area (Å²) in [5, 5.41) is 2.89. The Morgan fingerprint density at radius 2 is 2.10 bits per heavy atom. The van der Waals surface area contributed by atoms with Crippen molar-refractivity contribution in [1.82, 2.24) is 10.2 Å². The number of allylic oxidation sites excluding steroid dienone is 3. The van der Waals surface area contributed by atoms with Gasteiger partial charge in [0, 0.05) is 13.1 Å². The van der Waals surface area contributed by atoms with Crippen LogP contribution in [0, 0.1) is 5.92 Å². The lowest BCUT2D eigenvalue weighted by atomic mass is 9.94. The second-order valence-corrected chi connectivity index (χ2v) is 6.26. The Labute approximate surface area is 127 Å². The molecule has 0 unspecified atom stereocenters. The van der Waals surface area contributed by atoms with E-state index in [0.717, 1.165) is 26.2 Å². The molecule has 1 fully saturated rings. The van der Waals surface area contributed by atoms with Gasteiger partial charge in [0.1, 0.15) is 5.88 Å². The lowest BCUT2D eigenvalue weighted by Crippen LogP contribution is -2.39. The van der Waals surface area contributed by atoms with Crippen LogP contribution in [-0.2, 0) is 4.79 Å². The van der Waals surface area contributed by atoms with Gasteiger partial charge in [0.2, 0.25) is 5.91 Å². The molecule has 0 aromatic carbocycles. The van der Waals surface area contributed by atoms with E-state index in [1.807, 2.05) is 0 Å². The molecule has 1 heterocycles. The number of halogens is 1. The van der Waals surface area contributed by atoms with E-state index in [-0.39, 0.29) is 11.8 Å². The van der Waals surface area contributed by atoms with E-state index >= 15 is 0 Å². The zero-order valence-corrected chi connectivity index (χ0v) is 13.1. The van der Waals surface area contributed by atoms with Gasteiger partial charge in [0.15, 0.2) is 0 Å². The normalized spacial score (nSPS) is 21.3. The smallest absolute Gasteiger partial charge is 0.234 e. The van der Waals surface area contributed by atoms with Crippen LogP contribution in [-0.4, -0.2) is 42.9 Å². The Morgan fingerprint density at radius 1 is 1.35 bits per heavy atom. The van der Waals surface area contributed by atoms with Gasteiger partial charge in [-0.25, -0.2) is 0 Å². The molecule has 0 aromatic heterocycles. The molecular formula is C16H25ClN2O. The topological polar surface area (TPSA) is 32.3 Å². The standard InChI is InChI=1S/C16H25ClN2O/c1-13-2-4-15(5-3-13)12-19-8-6-14(7-9-19)11-18-16(20)10-17/h2,4,14H,3,5-12H2,1H3,(H,18,20). The maximum Gasteiger partial charge on any atom is 0.234 e. The van der Waals surface area contributed by atoms with Crippen LogP contribution in [0.3, 0.4) is 0 Å². The van der Waals surface area contributed by atoms with Crippen molar-refractivity contribution in [3.8, 4) is 0 Å². The third-order valence-corrected chi connectivity index (χ3v) is 4.53. The minimum atomic E-state index is -0.0522. The number of alkyl halides is 1. The Kier molecular flexibility index (Phi) is 6.11. The molecule has 112 valence electrons. The summed E-state index contributed by atoms with van der Waals surface area (Å²) < 4.78 is 0. The molecule has 1 aliphatic carbocycles. The molecule has 0 bridgehead atoms. The maximum absolute atomic E-state index is 11.1. The van der Waals surface area contributed by atoms with E-state index in [1.54, 1.807) is 5.57 Å². The van der Waals surface area contributed by atoms with Gasteiger partial charge in [0.05, 0.1) is 0 Å². The molecule has 1 N–H and O–H groups in total. The fourth-order valence-electron chi connectivity index (χ4n) is 2.86. The summed E-state index contributed by atoms with van der Waals surface area (Å²) in [6, 6.07) is 0. The largest absolute Gasteiger partial charge is 0.355 e. The van der Waals surface area contributed by atoms with Gasteiger partial charge >= 0.3 is 0 Å². The molecule has 4 heteroatoms. The minimum Gasteiger partial charge on any atom is -0.355 e. The molecule has 1 amide bonds. The average Bonchev–Trinajstić information content (AvgIpc) is 2.48. The van der Waals surface area contributed by atoms with Crippen LogP contribution in [0.1, 0.15) is 32.6 Å². The van der Waals surface area contributed by atoms with Crippen LogP contribution in [0.2, 0.25) is 0 Å². The van der Waals surface area contributed by atoms with E-state index < -0.39 is 0 Å². The van der Waals surface area contributed by atoms with Crippen molar-refractivity contribution in [1.29, 1.82) is 0 Å². The highest BCUT2D eigenvalue weighted by molar-refractivity contribution is 6.27. The van der Waals surface area contributed by atoms with Crippen LogP contribution < -0.4 is 5.32 Å². The summed E-state index contributed by atoms with van der Waals surface area (Å²) in [7, 11) is 0. The Bertz CT molecular complexity index is 395. The van der Waals surface area contributed by atoms with Crippen LogP contribution in [0.5, 0.6) is 0 Å². The summed E-state index contributed by atoms with van der Waals surface area (Å²) in [4.78, 5) is 13.7. The van der Waals surface area contributed by atoms with Crippen molar-refractivity contribution < 1.29 is 4.79 Å². The summed E-state index contributed by atoms with van der Waals surface area (Å²) in [6.45, 7) is 6.38. The molecular weight excluding hydrogens is 272 g/mol. The number of carbonyl (C=O) groups is 1. The van der Waals surface area contributed by atoms with E-state index in [0.29, 0.717) is 5.92 Å². The molecule has 2 aliphatic rings. The lowest BCUT2D eigenvalue weighted by Gasteiger charge is -2.33. The first-order valence-electron chi connectivity index (χ1n) is 7.57. The third kappa shape index (κ3) is 4.95. The number of nitrogens with zero attached hydrogens (tertiary/aromatic N) is 1. The third-order valence-electron chi connectivity index (χ3n) is 4.29. The van der Waals surface area contributed by atoms with E-state index in [1.165, 1.54) is 31.3 Å². The number of amides is 1. The van der Waals surface area contributed by atoms with E-state index in [2.05, 4.69) is 29.3 Å². The number of carbonyl (C=O) groups excluding carboxylic acids is 1. The van der Waals surface area contributed by atoms with Gasteiger partial charge in [-0.15, -0.1) is 11.6 Å². The SMILES string of the molecule is CC1=CC=C(CN2CCC(CNC(=O)CCl)CC2)CC1. The van der Waals surface area contributed by atoms with Crippen molar-refractivity contribution >= 4 is 17.5 Å². The van der Waals surface area contributed by atoms with E-state index in [4.69, 9.17) is 11.6 Å². The van der Waals surface area contributed by atoms with Gasteiger partial charge in [-0.2, -0.15) is 0 Å². The summed E-state index contributed by atoms with van der Waals surface area (Å²) in [6.07, 6.45) is 9.33. The quantitative estimate of drug-likeness (QED) is 0.791. The number of likely N-dealkylation sites (tertiary alicyclic amines) is 1. The highest BCUT2D eigenvalue weighted by atomic mass is 35.5. The molecule has 3 nitrogen and oxygen atoms in total. The molecule has 0 aromatic rings. The first-order valence-corrected chi connectivity index (χ1v) is 8.11. The molecule has 1 saturated heterocycles. The number of hydrogen-bond donors (Lipinski definition) is 1. The molecule has 0 saturated carbocycles. The van der Waals surface area contributed by atoms with Gasteiger partial charge in [-0.05, 0) is 51.6 Å². The fourth-order valence-corrected chi connectivity index (χ4v) is 2.95. The number of nitrogens with one attached hydrogen (secondary N) is 1. The molecule has 1 aliphatic heterocycles. The van der Waals surface area contributed by atoms with Crippen molar-refractivity contribution in [2.24, 2.45) is 5.92 Å². The lowest BCUT2D eigenvalue weighted by molar-refractivity contribution is -0.118. The number of rotatable bonds is 5. The average molecular weight is 297 g/mol. The van der Waals surface area contributed by atoms with Crippen molar-refractivity contribution in [3.05, 3.63) is 23.3 Å². The summed E-state index contributed by atoms with van der Waals surface area (Å²) in [5.74, 6) is 0.629. The van der Waals surface area contributed by atoms with Crippen LogP contribution in [0.4, 0.5) is 0 Å². The summed E-state index contributed by atoms with van der Waals surface area (Å²) in [5.41, 5.74) is 3.05. The Balaban J connectivity index is 1.68. The predicted octanol–water partition coefficient (Wildman–Crippen LogP) is 2.72. The first-order chi connectivity index (χ1) is 9.67. The molecule has 0 radical (unpaired) electrons. The second-order valence-electron chi connectivity index (χ2n) is 6.00. The molecule has 2 rings (SSSR count). The van der Waals surface area contributed by atoms with Crippen LogP contribution in [0.25, 0.3) is 0 Å². The highest BCUT2D eigenvalue weighted by Gasteiger charge is 2.20. The highest BCUT2D eigenvalue weighted by Crippen LogP contribution is 2.22. The van der Waals surface area contributed by atoms with Gasteiger partial charge in [-0.3, -0.25) is 9.69 Å². The predicted molar refractivity (Wildman–Crippen MR) is 84.0 cm³/mol. The Hall–Kier alpha value is -0.800. The van der Waals surface area contributed by atoms with Crippen molar-refractivity contribution in [2.75, 3.05) is 32.1 Å². The molecule has 0 spiro atoms. The van der Waals surface area contributed by atoms with Crippen molar-refractivity contribution in [3.63, 3.8) is 0 Å². The molecule has 0 atom stereocenters. The number of hydrogen-bond acceptors (Lipinski definition) is 2. The molecule has 20 heavy (non-hydrogen) atoms. The van der Waals surface area contributed by atoms with Crippen molar-refractivity contribution in [2.45, 2.75) is 32.6 Å². The first kappa shape index (κ1) is 15.6. The Morgan fingerprint density at radius 3 is 2.70 bits per heavy atom. The monoisotopic (exact) mass is 296 g/mol. The van der Waals surface area contributed by atoms with Crippen LogP contribution in [0.15, 0.2) is 23.3 Å².